The molecule has 0 unspecified atom stereocenters. The maximum absolute atomic E-state index is 5.46. The Morgan fingerprint density at radius 3 is 3.00 bits per heavy atom. The standard InChI is InChI=1S/C14H7N2OS/c1-2-6-12-9(4-1)11(8-17-12)10-5-3-7-13-14(10)15-16-18-13/h1-7H. The molecule has 0 aliphatic heterocycles. The monoisotopic (exact) mass is 251 g/mol. The van der Waals surface area contributed by atoms with E-state index in [9.17, 15) is 0 Å². The van der Waals surface area contributed by atoms with Gasteiger partial charge in [0.2, 0.25) is 0 Å². The van der Waals surface area contributed by atoms with Gasteiger partial charge in [0, 0.05) is 16.5 Å². The topological polar surface area (TPSA) is 38.9 Å². The second kappa shape index (κ2) is 3.65. The zero-order valence-electron chi connectivity index (χ0n) is 9.25. The van der Waals surface area contributed by atoms with E-state index < -0.39 is 0 Å². The molecule has 0 N–H and O–H groups in total. The van der Waals surface area contributed by atoms with Crippen molar-refractivity contribution in [2.24, 2.45) is 0 Å². The quantitative estimate of drug-likeness (QED) is 0.515. The number of fused-ring (bicyclic) bond motifs is 2. The summed E-state index contributed by atoms with van der Waals surface area (Å²) in [7, 11) is 0. The first-order chi connectivity index (χ1) is 8.93. The summed E-state index contributed by atoms with van der Waals surface area (Å²) in [4.78, 5) is 0. The van der Waals surface area contributed by atoms with E-state index in [1.807, 2.05) is 42.5 Å². The van der Waals surface area contributed by atoms with E-state index in [0.717, 1.165) is 32.3 Å². The Morgan fingerprint density at radius 1 is 1.06 bits per heavy atom. The van der Waals surface area contributed by atoms with Crippen molar-refractivity contribution in [1.29, 1.82) is 0 Å². The average Bonchev–Trinajstić information content (AvgIpc) is 3.05. The highest BCUT2D eigenvalue weighted by Crippen LogP contribution is 2.34. The molecular formula is C14H7N2OS. The number of aromatic nitrogens is 2. The SMILES string of the molecule is [c]1oc2ccccc2c1-c1cccc2snnc12. The van der Waals surface area contributed by atoms with Gasteiger partial charge in [0.1, 0.15) is 11.1 Å². The largest absolute Gasteiger partial charge is 0.452 e. The summed E-state index contributed by atoms with van der Waals surface area (Å²) in [5, 5.41) is 5.24. The summed E-state index contributed by atoms with van der Waals surface area (Å²) in [6, 6.07) is 14.0. The van der Waals surface area contributed by atoms with Crippen molar-refractivity contribution in [3.05, 3.63) is 48.7 Å². The molecule has 0 atom stereocenters. The molecule has 4 rings (SSSR count). The van der Waals surface area contributed by atoms with Crippen LogP contribution in [0.4, 0.5) is 0 Å². The van der Waals surface area contributed by atoms with Gasteiger partial charge in [0.05, 0.1) is 4.70 Å². The molecule has 3 nitrogen and oxygen atoms in total. The molecule has 4 heteroatoms. The third kappa shape index (κ3) is 1.29. The predicted molar refractivity (Wildman–Crippen MR) is 71.5 cm³/mol. The fourth-order valence-electron chi connectivity index (χ4n) is 2.13. The average molecular weight is 251 g/mol. The fourth-order valence-corrected chi connectivity index (χ4v) is 2.72. The lowest BCUT2D eigenvalue weighted by atomic mass is 10.0. The zero-order chi connectivity index (χ0) is 11.9. The molecule has 0 aliphatic carbocycles. The molecule has 0 amide bonds. The molecule has 0 saturated heterocycles. The molecule has 18 heavy (non-hydrogen) atoms. The van der Waals surface area contributed by atoms with Crippen LogP contribution in [0.15, 0.2) is 46.9 Å². The predicted octanol–water partition coefficient (Wildman–Crippen LogP) is 3.90. The van der Waals surface area contributed by atoms with Gasteiger partial charge in [-0.05, 0) is 23.7 Å². The van der Waals surface area contributed by atoms with E-state index >= 15 is 0 Å². The van der Waals surface area contributed by atoms with Gasteiger partial charge < -0.3 is 4.42 Å². The van der Waals surface area contributed by atoms with Crippen molar-refractivity contribution in [3.63, 3.8) is 0 Å². The minimum Gasteiger partial charge on any atom is -0.452 e. The maximum atomic E-state index is 5.46. The van der Waals surface area contributed by atoms with E-state index in [-0.39, 0.29) is 0 Å². The van der Waals surface area contributed by atoms with Gasteiger partial charge in [-0.15, -0.1) is 5.10 Å². The lowest BCUT2D eigenvalue weighted by molar-refractivity contribution is 0.607. The van der Waals surface area contributed by atoms with Crippen LogP contribution in [0, 0.1) is 6.26 Å². The van der Waals surface area contributed by atoms with Crippen molar-refractivity contribution >= 4 is 32.7 Å². The Bertz CT molecular complexity index is 847. The third-order valence-corrected chi connectivity index (χ3v) is 3.66. The van der Waals surface area contributed by atoms with Gasteiger partial charge in [-0.1, -0.05) is 34.8 Å². The van der Waals surface area contributed by atoms with Crippen LogP contribution < -0.4 is 0 Å². The molecule has 0 aliphatic rings. The van der Waals surface area contributed by atoms with Crippen LogP contribution in [-0.4, -0.2) is 9.59 Å². The first kappa shape index (κ1) is 9.79. The molecule has 2 heterocycles. The molecule has 2 aromatic heterocycles. The van der Waals surface area contributed by atoms with Crippen LogP contribution in [0.25, 0.3) is 32.3 Å². The second-order valence-electron chi connectivity index (χ2n) is 4.00. The summed E-state index contributed by atoms with van der Waals surface area (Å²) in [6.07, 6.45) is 2.97. The number of hydrogen-bond acceptors (Lipinski definition) is 4. The Hall–Kier alpha value is -2.20. The number of rotatable bonds is 1. The van der Waals surface area contributed by atoms with Gasteiger partial charge >= 0.3 is 0 Å². The summed E-state index contributed by atoms with van der Waals surface area (Å²) >= 11 is 1.40. The van der Waals surface area contributed by atoms with Gasteiger partial charge in [-0.25, -0.2) is 0 Å². The van der Waals surface area contributed by atoms with E-state index in [2.05, 4.69) is 15.9 Å². The van der Waals surface area contributed by atoms with Crippen molar-refractivity contribution in [1.82, 2.24) is 9.59 Å². The smallest absolute Gasteiger partial charge is 0.179 e. The zero-order valence-corrected chi connectivity index (χ0v) is 10.1. The van der Waals surface area contributed by atoms with Gasteiger partial charge in [0.15, 0.2) is 6.26 Å². The highest BCUT2D eigenvalue weighted by molar-refractivity contribution is 7.13. The summed E-state index contributed by atoms with van der Waals surface area (Å²) in [5.41, 5.74) is 3.72. The van der Waals surface area contributed by atoms with E-state index in [4.69, 9.17) is 4.42 Å². The van der Waals surface area contributed by atoms with Crippen LogP contribution in [0.1, 0.15) is 0 Å². The van der Waals surface area contributed by atoms with Crippen molar-refractivity contribution < 1.29 is 4.42 Å². The molecule has 0 bridgehead atoms. The Morgan fingerprint density at radius 2 is 2.00 bits per heavy atom. The molecule has 4 aromatic rings. The van der Waals surface area contributed by atoms with Crippen LogP contribution in [0.2, 0.25) is 0 Å². The highest BCUT2D eigenvalue weighted by Gasteiger charge is 2.13. The number of hydrogen-bond donors (Lipinski definition) is 0. The number of benzene rings is 2. The van der Waals surface area contributed by atoms with Gasteiger partial charge in [-0.2, -0.15) is 0 Å². The Labute approximate surface area is 107 Å². The summed E-state index contributed by atoms with van der Waals surface area (Å²) in [6.45, 7) is 0. The van der Waals surface area contributed by atoms with Crippen LogP contribution in [0.3, 0.4) is 0 Å². The van der Waals surface area contributed by atoms with Crippen molar-refractivity contribution in [2.45, 2.75) is 0 Å². The summed E-state index contributed by atoms with van der Waals surface area (Å²) in [5.74, 6) is 0. The lowest BCUT2D eigenvalue weighted by Gasteiger charge is -1.98. The van der Waals surface area contributed by atoms with Crippen LogP contribution in [-0.2, 0) is 0 Å². The second-order valence-corrected chi connectivity index (χ2v) is 4.79. The molecule has 1 radical (unpaired) electrons. The number of nitrogens with zero attached hydrogens (tertiary/aromatic N) is 2. The van der Waals surface area contributed by atoms with E-state index in [0.29, 0.717) is 0 Å². The van der Waals surface area contributed by atoms with Crippen molar-refractivity contribution in [2.75, 3.05) is 0 Å². The normalized spacial score (nSPS) is 11.3. The lowest BCUT2D eigenvalue weighted by Crippen LogP contribution is -1.79. The van der Waals surface area contributed by atoms with Gasteiger partial charge in [0.25, 0.3) is 0 Å². The molecule has 0 spiro atoms. The third-order valence-electron chi connectivity index (χ3n) is 2.97. The number of para-hydroxylation sites is 1. The molecule has 2 aromatic carbocycles. The fraction of sp³-hybridized carbons (Fsp3) is 0. The van der Waals surface area contributed by atoms with Gasteiger partial charge in [-0.3, -0.25) is 0 Å². The Kier molecular flexibility index (Phi) is 1.98. The van der Waals surface area contributed by atoms with Crippen molar-refractivity contribution in [3.8, 4) is 11.1 Å². The molecule has 85 valence electrons. The molecular weight excluding hydrogens is 244 g/mol. The minimum absolute atomic E-state index is 0.840. The first-order valence-corrected chi connectivity index (χ1v) is 6.31. The molecule has 0 fully saturated rings. The van der Waals surface area contributed by atoms with Crippen LogP contribution in [0.5, 0.6) is 0 Å². The minimum atomic E-state index is 0.840. The highest BCUT2D eigenvalue weighted by atomic mass is 32.1. The number of furan rings is 1. The van der Waals surface area contributed by atoms with E-state index in [1.54, 1.807) is 0 Å². The van der Waals surface area contributed by atoms with Crippen LogP contribution >= 0.6 is 11.5 Å². The van der Waals surface area contributed by atoms with E-state index in [1.165, 1.54) is 11.5 Å². The molecule has 0 saturated carbocycles. The summed E-state index contributed by atoms with van der Waals surface area (Å²) < 4.78 is 10.5. The maximum Gasteiger partial charge on any atom is 0.179 e. The Balaban J connectivity index is 2.10. The first-order valence-electron chi connectivity index (χ1n) is 5.54.